The zero-order valence-electron chi connectivity index (χ0n) is 9.31. The van der Waals surface area contributed by atoms with Crippen molar-refractivity contribution in [3.05, 3.63) is 0 Å². The summed E-state index contributed by atoms with van der Waals surface area (Å²) >= 11 is 0. The Morgan fingerprint density at radius 2 is 1.13 bits per heavy atom. The van der Waals surface area contributed by atoms with E-state index in [1.165, 1.54) is 0 Å². The summed E-state index contributed by atoms with van der Waals surface area (Å²) in [5.41, 5.74) is 0. The van der Waals surface area contributed by atoms with Gasteiger partial charge in [0.05, 0.1) is 0 Å². The Bertz CT molecular complexity index is 142. The number of aliphatic carboxylic acids is 2. The molecule has 0 bridgehead atoms. The van der Waals surface area contributed by atoms with E-state index in [2.05, 4.69) is 0 Å². The molecule has 0 radical (unpaired) electrons. The van der Waals surface area contributed by atoms with Crippen molar-refractivity contribution in [3.8, 4) is 0 Å². The number of carboxylic acid groups (broad SMARTS) is 2. The second kappa shape index (κ2) is 15.9. The van der Waals surface area contributed by atoms with Crippen LogP contribution in [0.25, 0.3) is 0 Å². The number of carboxylic acids is 2. The molecule has 0 aromatic heterocycles. The van der Waals surface area contributed by atoms with E-state index in [-0.39, 0.29) is 17.1 Å². The maximum Gasteiger partial charge on any atom is 0.303 e. The van der Waals surface area contributed by atoms with Crippen LogP contribution in [0.15, 0.2) is 0 Å². The molecule has 0 spiro atoms. The van der Waals surface area contributed by atoms with Crippen LogP contribution >= 0.6 is 0 Å². The van der Waals surface area contributed by atoms with E-state index >= 15 is 0 Å². The van der Waals surface area contributed by atoms with Gasteiger partial charge in [0.2, 0.25) is 0 Å². The van der Waals surface area contributed by atoms with E-state index in [1.54, 1.807) is 0 Å². The molecule has 0 aliphatic carbocycles. The molecule has 0 aromatic carbocycles. The molecule has 0 aromatic rings. The fraction of sp³-hybridized carbons (Fsp3) is 0.800. The van der Waals surface area contributed by atoms with Crippen LogP contribution in [0.2, 0.25) is 0 Å². The maximum atomic E-state index is 9.76. The Labute approximate surface area is 102 Å². The predicted octanol–water partition coefficient (Wildman–Crippen LogP) is 2.52. The third kappa shape index (κ3) is 31.8. The van der Waals surface area contributed by atoms with Crippen LogP contribution in [0.5, 0.6) is 0 Å². The Balaban J connectivity index is -0.000000180. The summed E-state index contributed by atoms with van der Waals surface area (Å²) in [6.45, 7) is 3.95. The molecule has 5 heteroatoms. The molecule has 4 nitrogen and oxygen atoms in total. The fourth-order valence-electron chi connectivity index (χ4n) is 0.656. The number of unbranched alkanes of at least 4 members (excludes halogenated alkanes) is 2. The van der Waals surface area contributed by atoms with Gasteiger partial charge in [0, 0.05) is 29.9 Å². The molecular formula is C10H20FeO4. The van der Waals surface area contributed by atoms with Crippen LogP contribution < -0.4 is 0 Å². The van der Waals surface area contributed by atoms with Crippen molar-refractivity contribution < 1.29 is 36.9 Å². The minimum Gasteiger partial charge on any atom is -0.481 e. The molecule has 2 N–H and O–H groups in total. The third-order valence-electron chi connectivity index (χ3n) is 1.49. The topological polar surface area (TPSA) is 74.6 Å². The molecule has 92 valence electrons. The van der Waals surface area contributed by atoms with Gasteiger partial charge in [-0.25, -0.2) is 0 Å². The third-order valence-corrected chi connectivity index (χ3v) is 1.49. The van der Waals surface area contributed by atoms with Gasteiger partial charge in [-0.1, -0.05) is 26.7 Å². The Morgan fingerprint density at radius 1 is 0.867 bits per heavy atom. The maximum absolute atomic E-state index is 9.76. The van der Waals surface area contributed by atoms with E-state index in [0.717, 1.165) is 25.7 Å². The molecule has 0 atom stereocenters. The van der Waals surface area contributed by atoms with E-state index in [9.17, 15) is 9.59 Å². The van der Waals surface area contributed by atoms with Crippen molar-refractivity contribution >= 4 is 11.9 Å². The molecule has 0 amide bonds. The standard InChI is InChI=1S/2C5H10O2.Fe/c2*1-2-3-4-5(6)7;/h2*2-4H2,1H3,(H,6,7);. The van der Waals surface area contributed by atoms with Gasteiger partial charge in [-0.05, 0) is 12.8 Å². The minimum absolute atomic E-state index is 0. The summed E-state index contributed by atoms with van der Waals surface area (Å²) in [5, 5.41) is 16.1. The number of hydrogen-bond donors (Lipinski definition) is 2. The van der Waals surface area contributed by atoms with Gasteiger partial charge in [0.25, 0.3) is 0 Å². The Hall–Kier alpha value is -0.541. The summed E-state index contributed by atoms with van der Waals surface area (Å²) in [6.07, 6.45) is 4.16. The first-order valence-corrected chi connectivity index (χ1v) is 4.98. The quantitative estimate of drug-likeness (QED) is 0.719. The van der Waals surface area contributed by atoms with Crippen molar-refractivity contribution in [1.29, 1.82) is 0 Å². The molecule has 0 fully saturated rings. The molecule has 0 saturated carbocycles. The number of hydrogen-bond acceptors (Lipinski definition) is 2. The smallest absolute Gasteiger partial charge is 0.303 e. The normalized spacial score (nSPS) is 8.13. The van der Waals surface area contributed by atoms with Crippen LogP contribution in [0, 0.1) is 0 Å². The van der Waals surface area contributed by atoms with Gasteiger partial charge < -0.3 is 10.2 Å². The second-order valence-corrected chi connectivity index (χ2v) is 2.99. The summed E-state index contributed by atoms with van der Waals surface area (Å²) < 4.78 is 0. The molecule has 0 unspecified atom stereocenters. The number of rotatable bonds is 6. The van der Waals surface area contributed by atoms with Gasteiger partial charge in [-0.3, -0.25) is 9.59 Å². The number of carbonyl (C=O) groups is 2. The van der Waals surface area contributed by atoms with Crippen molar-refractivity contribution in [3.63, 3.8) is 0 Å². The first-order valence-electron chi connectivity index (χ1n) is 4.98. The first kappa shape index (κ1) is 19.9. The van der Waals surface area contributed by atoms with Crippen molar-refractivity contribution in [2.24, 2.45) is 0 Å². The van der Waals surface area contributed by atoms with Gasteiger partial charge in [0.1, 0.15) is 0 Å². The van der Waals surface area contributed by atoms with E-state index in [0.29, 0.717) is 12.8 Å². The monoisotopic (exact) mass is 260 g/mol. The zero-order valence-corrected chi connectivity index (χ0v) is 10.4. The zero-order chi connectivity index (χ0) is 11.4. The molecule has 0 aliphatic rings. The van der Waals surface area contributed by atoms with Gasteiger partial charge in [-0.15, -0.1) is 0 Å². The van der Waals surface area contributed by atoms with Gasteiger partial charge in [0.15, 0.2) is 0 Å². The summed E-state index contributed by atoms with van der Waals surface area (Å²) in [6, 6.07) is 0. The van der Waals surface area contributed by atoms with E-state index in [1.807, 2.05) is 13.8 Å². The molecule has 0 rings (SSSR count). The van der Waals surface area contributed by atoms with Gasteiger partial charge in [-0.2, -0.15) is 0 Å². The summed E-state index contributed by atoms with van der Waals surface area (Å²) in [7, 11) is 0. The van der Waals surface area contributed by atoms with Gasteiger partial charge >= 0.3 is 11.9 Å². The SMILES string of the molecule is CCCCC(=O)O.CCCCC(=O)O.[Fe]. The summed E-state index contributed by atoms with van der Waals surface area (Å²) in [4.78, 5) is 19.5. The molecule has 0 heterocycles. The molecule has 15 heavy (non-hydrogen) atoms. The second-order valence-electron chi connectivity index (χ2n) is 2.99. The van der Waals surface area contributed by atoms with Crippen LogP contribution in [0.4, 0.5) is 0 Å². The molecule has 0 aliphatic heterocycles. The van der Waals surface area contributed by atoms with E-state index < -0.39 is 11.9 Å². The minimum atomic E-state index is -0.693. The van der Waals surface area contributed by atoms with Crippen LogP contribution in [0.1, 0.15) is 52.4 Å². The summed E-state index contributed by atoms with van der Waals surface area (Å²) in [5.74, 6) is -1.39. The average molecular weight is 260 g/mol. The van der Waals surface area contributed by atoms with Crippen molar-refractivity contribution in [2.75, 3.05) is 0 Å². The first-order chi connectivity index (χ1) is 6.54. The molecular weight excluding hydrogens is 240 g/mol. The van der Waals surface area contributed by atoms with Crippen molar-refractivity contribution in [1.82, 2.24) is 0 Å². The largest absolute Gasteiger partial charge is 0.481 e. The van der Waals surface area contributed by atoms with Crippen LogP contribution in [-0.2, 0) is 26.7 Å². The van der Waals surface area contributed by atoms with E-state index in [4.69, 9.17) is 10.2 Å². The average Bonchev–Trinajstić information content (AvgIpc) is 2.12. The predicted molar refractivity (Wildman–Crippen MR) is 54.3 cm³/mol. The fourth-order valence-corrected chi connectivity index (χ4v) is 0.656. The van der Waals surface area contributed by atoms with Crippen LogP contribution in [0.3, 0.4) is 0 Å². The Morgan fingerprint density at radius 3 is 1.20 bits per heavy atom. The van der Waals surface area contributed by atoms with Crippen LogP contribution in [-0.4, -0.2) is 22.2 Å². The van der Waals surface area contributed by atoms with Crippen molar-refractivity contribution in [2.45, 2.75) is 52.4 Å². The Kier molecular flexibility index (Phi) is 21.2. The molecule has 0 saturated heterocycles.